The summed E-state index contributed by atoms with van der Waals surface area (Å²) in [4.78, 5) is 0. The monoisotopic (exact) mass is 370 g/mol. The maximum absolute atomic E-state index is 6.12. The molecule has 1 aliphatic carbocycles. The third kappa shape index (κ3) is 4.22. The predicted molar refractivity (Wildman–Crippen MR) is 106 cm³/mol. The van der Waals surface area contributed by atoms with Gasteiger partial charge in [-0.05, 0) is 67.2 Å². The predicted octanol–water partition coefficient (Wildman–Crippen LogP) is 4.58. The summed E-state index contributed by atoms with van der Waals surface area (Å²) >= 11 is 0. The van der Waals surface area contributed by atoms with Gasteiger partial charge >= 0.3 is 0 Å². The Morgan fingerprint density at radius 3 is 2.04 bits per heavy atom. The highest BCUT2D eigenvalue weighted by atomic mass is 16.6. The fourth-order valence-electron chi connectivity index (χ4n) is 4.01. The van der Waals surface area contributed by atoms with Gasteiger partial charge in [0.25, 0.3) is 0 Å². The van der Waals surface area contributed by atoms with E-state index in [1.807, 2.05) is 0 Å². The molecule has 27 heavy (non-hydrogen) atoms. The summed E-state index contributed by atoms with van der Waals surface area (Å²) in [6, 6.07) is 4.49. The molecule has 0 bridgehead atoms. The van der Waals surface area contributed by atoms with Crippen molar-refractivity contribution < 1.29 is 18.9 Å². The Morgan fingerprint density at radius 2 is 1.52 bits per heavy atom. The number of hydrogen-bond donors (Lipinski definition) is 0. The summed E-state index contributed by atoms with van der Waals surface area (Å²) in [5, 5.41) is 0. The summed E-state index contributed by atoms with van der Waals surface area (Å²) in [7, 11) is 0. The van der Waals surface area contributed by atoms with E-state index < -0.39 is 0 Å². The summed E-state index contributed by atoms with van der Waals surface area (Å²) in [6.07, 6.45) is 3.80. The van der Waals surface area contributed by atoms with Gasteiger partial charge in [-0.15, -0.1) is 0 Å². The van der Waals surface area contributed by atoms with Crippen LogP contribution in [0.2, 0.25) is 0 Å². The van der Waals surface area contributed by atoms with Crippen LogP contribution < -0.4 is 4.74 Å². The zero-order valence-corrected chi connectivity index (χ0v) is 17.1. The molecule has 0 aromatic heterocycles. The first-order chi connectivity index (χ1) is 12.8. The molecule has 146 valence electrons. The van der Waals surface area contributed by atoms with E-state index in [0.717, 1.165) is 31.1 Å². The Labute approximate surface area is 162 Å². The van der Waals surface area contributed by atoms with Crippen molar-refractivity contribution in [2.24, 2.45) is 5.41 Å². The quantitative estimate of drug-likeness (QED) is 0.659. The van der Waals surface area contributed by atoms with Crippen molar-refractivity contribution in [3.63, 3.8) is 0 Å². The molecule has 0 spiro atoms. The first kappa shape index (κ1) is 18.6. The second kappa shape index (κ2) is 6.99. The minimum Gasteiger partial charge on any atom is -0.494 e. The van der Waals surface area contributed by atoms with Gasteiger partial charge in [0, 0.05) is 5.41 Å². The van der Waals surface area contributed by atoms with E-state index in [0.29, 0.717) is 13.2 Å². The van der Waals surface area contributed by atoms with Gasteiger partial charge in [0.05, 0.1) is 13.2 Å². The van der Waals surface area contributed by atoms with Crippen LogP contribution in [0.1, 0.15) is 43.9 Å². The Kier molecular flexibility index (Phi) is 4.81. The normalized spacial score (nSPS) is 25.9. The van der Waals surface area contributed by atoms with Crippen LogP contribution in [-0.4, -0.2) is 38.6 Å². The Morgan fingerprint density at radius 1 is 0.963 bits per heavy atom. The minimum atomic E-state index is -0.0245. The van der Waals surface area contributed by atoms with Gasteiger partial charge in [-0.25, -0.2) is 0 Å². The van der Waals surface area contributed by atoms with Crippen LogP contribution in [0.4, 0.5) is 0 Å². The molecule has 2 aliphatic heterocycles. The van der Waals surface area contributed by atoms with E-state index in [2.05, 4.69) is 52.8 Å². The number of hydrogen-bond acceptors (Lipinski definition) is 4. The van der Waals surface area contributed by atoms with Crippen LogP contribution in [0.15, 0.2) is 29.5 Å². The van der Waals surface area contributed by atoms with E-state index in [1.54, 1.807) is 0 Å². The summed E-state index contributed by atoms with van der Waals surface area (Å²) in [6.45, 7) is 13.9. The Hall–Kier alpha value is -1.78. The molecule has 3 aliphatic rings. The van der Waals surface area contributed by atoms with Gasteiger partial charge in [-0.2, -0.15) is 0 Å². The average molecular weight is 370 g/mol. The standard InChI is InChI=1S/C23H30O4/c1-14-6-17(7-15(2)21(14)26-12-19-10-24-19)18-8-16(3)22(23(4,5)9-18)27-13-20-11-25-20/h6-8,19-20H,9-13H2,1-5H3. The molecule has 1 aromatic rings. The molecule has 4 heteroatoms. The number of epoxide rings is 2. The van der Waals surface area contributed by atoms with Crippen LogP contribution in [-0.2, 0) is 14.2 Å². The van der Waals surface area contributed by atoms with E-state index in [1.165, 1.54) is 27.8 Å². The van der Waals surface area contributed by atoms with Crippen molar-refractivity contribution in [1.82, 2.24) is 0 Å². The van der Waals surface area contributed by atoms with E-state index >= 15 is 0 Å². The molecule has 2 saturated heterocycles. The molecular formula is C23H30O4. The van der Waals surface area contributed by atoms with Crippen molar-refractivity contribution >= 4 is 5.57 Å². The van der Waals surface area contributed by atoms with Crippen molar-refractivity contribution in [1.29, 1.82) is 0 Å². The highest BCUT2D eigenvalue weighted by Crippen LogP contribution is 2.44. The molecule has 4 nitrogen and oxygen atoms in total. The molecule has 0 radical (unpaired) electrons. The Bertz CT molecular complexity index is 772. The molecule has 2 heterocycles. The highest BCUT2D eigenvalue weighted by molar-refractivity contribution is 5.73. The lowest BCUT2D eigenvalue weighted by molar-refractivity contribution is 0.125. The zero-order valence-electron chi connectivity index (χ0n) is 17.1. The first-order valence-corrected chi connectivity index (χ1v) is 9.86. The smallest absolute Gasteiger partial charge is 0.125 e. The number of rotatable bonds is 7. The average Bonchev–Trinajstić information content (AvgIpc) is 3.47. The van der Waals surface area contributed by atoms with Crippen molar-refractivity contribution in [3.05, 3.63) is 46.2 Å². The fourth-order valence-corrected chi connectivity index (χ4v) is 4.01. The molecule has 2 fully saturated rings. The van der Waals surface area contributed by atoms with Crippen LogP contribution in [0.5, 0.6) is 5.75 Å². The lowest BCUT2D eigenvalue weighted by atomic mass is 9.75. The SMILES string of the molecule is CC1=C(OCC2CO2)C(C)(C)CC(c2cc(C)c(OCC3CO3)c(C)c2)=C1. The van der Waals surface area contributed by atoms with E-state index in [4.69, 9.17) is 18.9 Å². The molecular weight excluding hydrogens is 340 g/mol. The van der Waals surface area contributed by atoms with Gasteiger partial charge < -0.3 is 18.9 Å². The lowest BCUT2D eigenvalue weighted by Crippen LogP contribution is -2.23. The highest BCUT2D eigenvalue weighted by Gasteiger charge is 2.34. The third-order valence-electron chi connectivity index (χ3n) is 5.46. The maximum atomic E-state index is 6.12. The van der Waals surface area contributed by atoms with Crippen molar-refractivity contribution in [2.75, 3.05) is 26.4 Å². The largest absolute Gasteiger partial charge is 0.494 e. The molecule has 0 amide bonds. The van der Waals surface area contributed by atoms with Crippen molar-refractivity contribution in [2.45, 2.75) is 53.2 Å². The lowest BCUT2D eigenvalue weighted by Gasteiger charge is -2.34. The third-order valence-corrected chi connectivity index (χ3v) is 5.46. The molecule has 1 aromatic carbocycles. The number of aryl methyl sites for hydroxylation is 2. The van der Waals surface area contributed by atoms with Crippen LogP contribution in [0.3, 0.4) is 0 Å². The number of allylic oxidation sites excluding steroid dienone is 4. The molecule has 0 saturated carbocycles. The topological polar surface area (TPSA) is 43.5 Å². The summed E-state index contributed by atoms with van der Waals surface area (Å²) in [5.41, 5.74) is 6.18. The molecule has 2 unspecified atom stereocenters. The van der Waals surface area contributed by atoms with Gasteiger partial charge in [0.1, 0.15) is 36.9 Å². The summed E-state index contributed by atoms with van der Waals surface area (Å²) in [5.74, 6) is 2.09. The van der Waals surface area contributed by atoms with Gasteiger partial charge in [-0.1, -0.05) is 19.9 Å². The first-order valence-electron chi connectivity index (χ1n) is 9.86. The zero-order chi connectivity index (χ0) is 19.2. The van der Waals surface area contributed by atoms with E-state index in [-0.39, 0.29) is 17.6 Å². The van der Waals surface area contributed by atoms with Crippen LogP contribution >= 0.6 is 0 Å². The second-order valence-electron chi connectivity index (χ2n) is 8.71. The van der Waals surface area contributed by atoms with Gasteiger partial charge in [0.2, 0.25) is 0 Å². The summed E-state index contributed by atoms with van der Waals surface area (Å²) < 4.78 is 22.7. The Balaban J connectivity index is 1.57. The van der Waals surface area contributed by atoms with Gasteiger partial charge in [0.15, 0.2) is 0 Å². The molecule has 4 rings (SSSR count). The van der Waals surface area contributed by atoms with Crippen LogP contribution in [0, 0.1) is 19.3 Å². The second-order valence-corrected chi connectivity index (χ2v) is 8.71. The van der Waals surface area contributed by atoms with Gasteiger partial charge in [-0.3, -0.25) is 0 Å². The number of ether oxygens (including phenoxy) is 4. The maximum Gasteiger partial charge on any atom is 0.125 e. The number of benzene rings is 1. The molecule has 0 N–H and O–H groups in total. The van der Waals surface area contributed by atoms with Crippen LogP contribution in [0.25, 0.3) is 5.57 Å². The molecule has 2 atom stereocenters. The fraction of sp³-hybridized carbons (Fsp3) is 0.565. The minimum absolute atomic E-state index is 0.0245. The van der Waals surface area contributed by atoms with Crippen molar-refractivity contribution in [3.8, 4) is 5.75 Å². The van der Waals surface area contributed by atoms with E-state index in [9.17, 15) is 0 Å².